The lowest BCUT2D eigenvalue weighted by molar-refractivity contribution is -0.179. The van der Waals surface area contributed by atoms with Crippen LogP contribution in [0.15, 0.2) is 18.2 Å². The molecule has 0 saturated carbocycles. The number of nitrogens with two attached hydrogens (primary N) is 1. The van der Waals surface area contributed by atoms with E-state index in [0.29, 0.717) is 18.8 Å². The van der Waals surface area contributed by atoms with Crippen molar-refractivity contribution in [3.05, 3.63) is 23.8 Å². The topological polar surface area (TPSA) is 29.3 Å². The van der Waals surface area contributed by atoms with Gasteiger partial charge in [0.15, 0.2) is 0 Å². The van der Waals surface area contributed by atoms with Gasteiger partial charge < -0.3 is 10.6 Å². The molecule has 1 heterocycles. The van der Waals surface area contributed by atoms with E-state index in [9.17, 15) is 13.2 Å². The molecule has 1 aromatic rings. The monoisotopic (exact) mass is 258 g/mol. The summed E-state index contributed by atoms with van der Waals surface area (Å²) in [7, 11) is 0. The van der Waals surface area contributed by atoms with Gasteiger partial charge in [-0.25, -0.2) is 0 Å². The molecule has 18 heavy (non-hydrogen) atoms. The van der Waals surface area contributed by atoms with Crippen LogP contribution in [0.4, 0.5) is 24.5 Å². The maximum absolute atomic E-state index is 12.5. The zero-order valence-electron chi connectivity index (χ0n) is 10.3. The third-order valence-electron chi connectivity index (χ3n) is 3.59. The number of anilines is 2. The van der Waals surface area contributed by atoms with Crippen LogP contribution >= 0.6 is 0 Å². The van der Waals surface area contributed by atoms with Gasteiger partial charge >= 0.3 is 6.18 Å². The molecule has 0 atom stereocenters. The molecule has 2 rings (SSSR count). The molecule has 0 amide bonds. The number of aryl methyl sites for hydroxylation is 1. The fourth-order valence-corrected chi connectivity index (χ4v) is 2.29. The standard InChI is InChI=1S/C13H17F3N2/c1-9-2-3-11(8-12(9)17)18-6-4-10(5-7-18)13(14,15)16/h2-3,8,10H,4-7,17H2,1H3. The Labute approximate surface area is 105 Å². The maximum Gasteiger partial charge on any atom is 0.391 e. The minimum absolute atomic E-state index is 0.164. The van der Waals surface area contributed by atoms with Crippen molar-refractivity contribution < 1.29 is 13.2 Å². The number of rotatable bonds is 1. The van der Waals surface area contributed by atoms with E-state index in [1.807, 2.05) is 30.0 Å². The summed E-state index contributed by atoms with van der Waals surface area (Å²) < 4.78 is 37.6. The number of hydrogen-bond donors (Lipinski definition) is 1. The molecule has 1 aliphatic heterocycles. The molecule has 1 fully saturated rings. The van der Waals surface area contributed by atoms with E-state index in [4.69, 9.17) is 5.73 Å². The molecule has 1 aromatic carbocycles. The number of hydrogen-bond acceptors (Lipinski definition) is 2. The van der Waals surface area contributed by atoms with Crippen LogP contribution in [0.3, 0.4) is 0 Å². The first-order valence-electron chi connectivity index (χ1n) is 6.05. The van der Waals surface area contributed by atoms with Crippen molar-refractivity contribution in [1.29, 1.82) is 0 Å². The molecule has 2 nitrogen and oxygen atoms in total. The van der Waals surface area contributed by atoms with Crippen LogP contribution in [-0.4, -0.2) is 19.3 Å². The van der Waals surface area contributed by atoms with Crippen molar-refractivity contribution in [3.8, 4) is 0 Å². The largest absolute Gasteiger partial charge is 0.398 e. The Morgan fingerprint density at radius 1 is 1.22 bits per heavy atom. The maximum atomic E-state index is 12.5. The van der Waals surface area contributed by atoms with Crippen molar-refractivity contribution in [2.24, 2.45) is 5.92 Å². The Hall–Kier alpha value is -1.39. The molecule has 0 aromatic heterocycles. The van der Waals surface area contributed by atoms with Crippen LogP contribution < -0.4 is 10.6 Å². The number of piperidine rings is 1. The highest BCUT2D eigenvalue weighted by molar-refractivity contribution is 5.59. The van der Waals surface area contributed by atoms with E-state index in [-0.39, 0.29) is 12.8 Å². The molecular weight excluding hydrogens is 241 g/mol. The van der Waals surface area contributed by atoms with Gasteiger partial charge in [0.05, 0.1) is 5.92 Å². The molecule has 0 bridgehead atoms. The third-order valence-corrected chi connectivity index (χ3v) is 3.59. The molecule has 0 unspecified atom stereocenters. The predicted octanol–water partition coefficient (Wildman–Crippen LogP) is 3.36. The van der Waals surface area contributed by atoms with Crippen LogP contribution in [0.5, 0.6) is 0 Å². The third kappa shape index (κ3) is 2.71. The number of nitrogens with zero attached hydrogens (tertiary/aromatic N) is 1. The summed E-state index contributed by atoms with van der Waals surface area (Å²) in [5.74, 6) is -1.16. The Morgan fingerprint density at radius 2 is 1.83 bits per heavy atom. The molecular formula is C13H17F3N2. The summed E-state index contributed by atoms with van der Waals surface area (Å²) in [5, 5.41) is 0. The van der Waals surface area contributed by atoms with Gasteiger partial charge in [0.1, 0.15) is 0 Å². The Kier molecular flexibility index (Phi) is 3.41. The van der Waals surface area contributed by atoms with Crippen LogP contribution in [0.1, 0.15) is 18.4 Å². The van der Waals surface area contributed by atoms with Gasteiger partial charge in [-0.05, 0) is 37.5 Å². The number of benzene rings is 1. The molecule has 0 radical (unpaired) electrons. The van der Waals surface area contributed by atoms with Crippen molar-refractivity contribution in [2.45, 2.75) is 25.9 Å². The van der Waals surface area contributed by atoms with E-state index < -0.39 is 12.1 Å². The Morgan fingerprint density at radius 3 is 2.33 bits per heavy atom. The zero-order valence-corrected chi connectivity index (χ0v) is 10.3. The molecule has 1 saturated heterocycles. The molecule has 0 spiro atoms. The van der Waals surface area contributed by atoms with E-state index >= 15 is 0 Å². The second-order valence-corrected chi connectivity index (χ2v) is 4.84. The van der Waals surface area contributed by atoms with E-state index in [1.54, 1.807) is 0 Å². The van der Waals surface area contributed by atoms with Gasteiger partial charge in [0.25, 0.3) is 0 Å². The summed E-state index contributed by atoms with van der Waals surface area (Å²) in [6.45, 7) is 2.79. The van der Waals surface area contributed by atoms with Crippen molar-refractivity contribution in [1.82, 2.24) is 0 Å². The number of halogens is 3. The van der Waals surface area contributed by atoms with E-state index in [1.165, 1.54) is 0 Å². The lowest BCUT2D eigenvalue weighted by Crippen LogP contribution is -2.39. The SMILES string of the molecule is Cc1ccc(N2CCC(C(F)(F)F)CC2)cc1N. The van der Waals surface area contributed by atoms with Gasteiger partial charge in [-0.15, -0.1) is 0 Å². The second kappa shape index (κ2) is 4.71. The number of nitrogen functional groups attached to an aromatic ring is 1. The average molecular weight is 258 g/mol. The minimum Gasteiger partial charge on any atom is -0.398 e. The van der Waals surface area contributed by atoms with Gasteiger partial charge in [-0.2, -0.15) is 13.2 Å². The van der Waals surface area contributed by atoms with Crippen LogP contribution in [-0.2, 0) is 0 Å². The van der Waals surface area contributed by atoms with Crippen LogP contribution in [0, 0.1) is 12.8 Å². The Bertz CT molecular complexity index is 421. The van der Waals surface area contributed by atoms with Gasteiger partial charge in [-0.3, -0.25) is 0 Å². The highest BCUT2D eigenvalue weighted by atomic mass is 19.4. The van der Waals surface area contributed by atoms with E-state index in [2.05, 4.69) is 0 Å². The van der Waals surface area contributed by atoms with E-state index in [0.717, 1.165) is 11.3 Å². The molecule has 0 aliphatic carbocycles. The zero-order chi connectivity index (χ0) is 13.3. The normalized spacial score (nSPS) is 18.1. The quantitative estimate of drug-likeness (QED) is 0.783. The van der Waals surface area contributed by atoms with Crippen LogP contribution in [0.2, 0.25) is 0 Å². The smallest absolute Gasteiger partial charge is 0.391 e. The van der Waals surface area contributed by atoms with Crippen LogP contribution in [0.25, 0.3) is 0 Å². The molecule has 1 aliphatic rings. The van der Waals surface area contributed by atoms with Gasteiger partial charge in [0, 0.05) is 24.5 Å². The summed E-state index contributed by atoms with van der Waals surface area (Å²) in [5.41, 5.74) is 8.41. The molecule has 2 N–H and O–H groups in total. The highest BCUT2D eigenvalue weighted by Gasteiger charge is 2.41. The van der Waals surface area contributed by atoms with Crippen molar-refractivity contribution in [3.63, 3.8) is 0 Å². The fraction of sp³-hybridized carbons (Fsp3) is 0.538. The Balaban J connectivity index is 2.03. The lowest BCUT2D eigenvalue weighted by atomic mass is 9.96. The molecule has 5 heteroatoms. The summed E-state index contributed by atoms with van der Waals surface area (Å²) in [6, 6.07) is 5.66. The second-order valence-electron chi connectivity index (χ2n) is 4.84. The summed E-state index contributed by atoms with van der Waals surface area (Å²) >= 11 is 0. The average Bonchev–Trinajstić information content (AvgIpc) is 2.32. The first-order valence-corrected chi connectivity index (χ1v) is 6.05. The van der Waals surface area contributed by atoms with Crippen molar-refractivity contribution in [2.75, 3.05) is 23.7 Å². The fourth-order valence-electron chi connectivity index (χ4n) is 2.29. The summed E-state index contributed by atoms with van der Waals surface area (Å²) in [6.07, 6.45) is -3.73. The first-order chi connectivity index (χ1) is 8.38. The lowest BCUT2D eigenvalue weighted by Gasteiger charge is -2.34. The number of alkyl halides is 3. The van der Waals surface area contributed by atoms with Crippen molar-refractivity contribution >= 4 is 11.4 Å². The van der Waals surface area contributed by atoms with Gasteiger partial charge in [-0.1, -0.05) is 6.07 Å². The predicted molar refractivity (Wildman–Crippen MR) is 66.6 cm³/mol. The van der Waals surface area contributed by atoms with Gasteiger partial charge in [0.2, 0.25) is 0 Å². The highest BCUT2D eigenvalue weighted by Crippen LogP contribution is 2.35. The minimum atomic E-state index is -4.06. The summed E-state index contributed by atoms with van der Waals surface area (Å²) in [4.78, 5) is 1.97. The molecule has 100 valence electrons. The first kappa shape index (κ1) is 13.1.